The highest BCUT2D eigenvalue weighted by Gasteiger charge is 2.48. The van der Waals surface area contributed by atoms with Gasteiger partial charge in [-0.15, -0.1) is 10.2 Å². The van der Waals surface area contributed by atoms with Crippen molar-refractivity contribution in [3.05, 3.63) is 117 Å². The zero-order chi connectivity index (χ0) is 29.1. The van der Waals surface area contributed by atoms with Gasteiger partial charge in [0.15, 0.2) is 4.34 Å². The number of aryl methyl sites for hydroxylation is 1. The molecule has 208 valence electrons. The molecule has 1 fully saturated rings. The average Bonchev–Trinajstić information content (AvgIpc) is 3.53. The summed E-state index contributed by atoms with van der Waals surface area (Å²) >= 11 is 14.9. The number of halogens is 2. The van der Waals surface area contributed by atoms with Gasteiger partial charge in [-0.05, 0) is 42.3 Å². The van der Waals surface area contributed by atoms with E-state index >= 15 is 0 Å². The molecule has 1 saturated heterocycles. The molecule has 7 nitrogen and oxygen atoms in total. The lowest BCUT2D eigenvalue weighted by molar-refractivity contribution is -0.132. The molecule has 5 rings (SSSR count). The van der Waals surface area contributed by atoms with Crippen molar-refractivity contribution in [3.8, 4) is 5.75 Å². The van der Waals surface area contributed by atoms with Crippen LogP contribution in [0.4, 0.5) is 5.13 Å². The lowest BCUT2D eigenvalue weighted by Gasteiger charge is -2.23. The second-order valence-corrected chi connectivity index (χ2v) is 12.1. The molecule has 11 heteroatoms. The lowest BCUT2D eigenvalue weighted by atomic mass is 9.95. The number of Topliss-reactive ketones (excluding diaryl/α,β-unsaturated/α-hetero) is 1. The second-order valence-electron chi connectivity index (χ2n) is 9.08. The predicted molar refractivity (Wildman–Crippen MR) is 164 cm³/mol. The van der Waals surface area contributed by atoms with Gasteiger partial charge in [-0.1, -0.05) is 107 Å². The molecule has 1 N–H and O–H groups in total. The van der Waals surface area contributed by atoms with Crippen LogP contribution in [0.2, 0.25) is 10.0 Å². The molecule has 1 amide bonds. The molecule has 1 atom stereocenters. The Morgan fingerprint density at radius 1 is 1.12 bits per heavy atom. The number of ether oxygens (including phenoxy) is 1. The lowest BCUT2D eigenvalue weighted by Crippen LogP contribution is -2.29. The van der Waals surface area contributed by atoms with E-state index in [-0.39, 0.29) is 23.1 Å². The molecule has 41 heavy (non-hydrogen) atoms. The van der Waals surface area contributed by atoms with Crippen LogP contribution in [-0.4, -0.2) is 33.6 Å². The fraction of sp³-hybridized carbons (Fsp3) is 0.133. The van der Waals surface area contributed by atoms with Crippen molar-refractivity contribution in [3.63, 3.8) is 0 Å². The van der Waals surface area contributed by atoms with Crippen LogP contribution in [-0.2, 0) is 15.3 Å². The molecule has 0 spiro atoms. The fourth-order valence-electron chi connectivity index (χ4n) is 4.28. The molecular weight excluding hydrogens is 601 g/mol. The average molecular weight is 625 g/mol. The predicted octanol–water partition coefficient (Wildman–Crippen LogP) is 7.64. The van der Waals surface area contributed by atoms with Crippen molar-refractivity contribution in [1.29, 1.82) is 0 Å². The largest absolute Gasteiger partial charge is 0.507 e. The number of nitrogens with zero attached hydrogens (tertiary/aromatic N) is 3. The highest BCUT2D eigenvalue weighted by atomic mass is 35.5. The molecule has 1 aliphatic heterocycles. The first-order valence-electron chi connectivity index (χ1n) is 12.4. The van der Waals surface area contributed by atoms with Crippen molar-refractivity contribution in [2.24, 2.45) is 0 Å². The van der Waals surface area contributed by atoms with Gasteiger partial charge in [-0.2, -0.15) is 0 Å². The van der Waals surface area contributed by atoms with E-state index in [0.29, 0.717) is 37.0 Å². The Balaban J connectivity index is 1.54. The molecule has 0 saturated carbocycles. The number of hydrogen-bond acceptors (Lipinski definition) is 8. The third kappa shape index (κ3) is 6.18. The van der Waals surface area contributed by atoms with E-state index in [1.807, 2.05) is 25.1 Å². The van der Waals surface area contributed by atoms with E-state index in [2.05, 4.69) is 16.8 Å². The van der Waals surface area contributed by atoms with E-state index in [4.69, 9.17) is 27.9 Å². The zero-order valence-electron chi connectivity index (χ0n) is 21.7. The summed E-state index contributed by atoms with van der Waals surface area (Å²) in [7, 11) is 0. The van der Waals surface area contributed by atoms with Crippen molar-refractivity contribution < 1.29 is 19.4 Å². The third-order valence-corrected chi connectivity index (χ3v) is 8.97. The normalized spacial score (nSPS) is 16.3. The number of aromatic nitrogens is 2. The number of rotatable bonds is 9. The van der Waals surface area contributed by atoms with Crippen molar-refractivity contribution in [2.45, 2.75) is 23.1 Å². The summed E-state index contributed by atoms with van der Waals surface area (Å²) in [6.45, 7) is 5.87. The first-order valence-corrected chi connectivity index (χ1v) is 14.9. The van der Waals surface area contributed by atoms with Crippen LogP contribution < -0.4 is 9.64 Å². The van der Waals surface area contributed by atoms with Crippen molar-refractivity contribution in [1.82, 2.24) is 10.2 Å². The van der Waals surface area contributed by atoms with E-state index in [9.17, 15) is 14.7 Å². The quantitative estimate of drug-likeness (QED) is 0.0511. The molecular formula is C30H23Cl2N3O4S2. The van der Waals surface area contributed by atoms with Crippen LogP contribution in [0.5, 0.6) is 5.75 Å². The number of anilines is 1. The van der Waals surface area contributed by atoms with Gasteiger partial charge in [-0.3, -0.25) is 14.5 Å². The highest BCUT2D eigenvalue weighted by Crippen LogP contribution is 2.44. The highest BCUT2D eigenvalue weighted by molar-refractivity contribution is 8.00. The summed E-state index contributed by atoms with van der Waals surface area (Å²) in [5.74, 6) is -0.873. The standard InChI is InChI=1S/C30H23Cl2N3O4S2/c1-3-13-39-22-6-4-5-19(14-22)25-24(26(36)18-9-7-17(2)8-10-18)27(37)28(38)35(25)29-33-34-30(41-29)40-16-20-11-12-21(31)15-23(20)32/h3-12,14-15,25,36H,1,13,16H2,2H3/b26-24+. The molecule has 3 aromatic carbocycles. The van der Waals surface area contributed by atoms with Crippen LogP contribution in [0, 0.1) is 6.92 Å². The Bertz CT molecular complexity index is 1670. The van der Waals surface area contributed by atoms with Crippen LogP contribution >= 0.6 is 46.3 Å². The van der Waals surface area contributed by atoms with Gasteiger partial charge in [0, 0.05) is 21.4 Å². The fourth-order valence-corrected chi connectivity index (χ4v) is 6.70. The number of benzene rings is 3. The van der Waals surface area contributed by atoms with E-state index < -0.39 is 17.7 Å². The number of aliphatic hydroxyl groups is 1. The topological polar surface area (TPSA) is 92.6 Å². The molecule has 1 aliphatic rings. The van der Waals surface area contributed by atoms with Gasteiger partial charge in [0.25, 0.3) is 5.78 Å². The minimum atomic E-state index is -0.958. The SMILES string of the molecule is C=CCOc1cccc(C2/C(=C(\O)c3ccc(C)cc3)C(=O)C(=O)N2c2nnc(SCc3ccc(Cl)cc3Cl)s2)c1. The maximum atomic E-state index is 13.5. The van der Waals surface area contributed by atoms with E-state index in [0.717, 1.165) is 11.1 Å². The Hall–Kier alpha value is -3.63. The smallest absolute Gasteiger partial charge is 0.301 e. The van der Waals surface area contributed by atoms with Crippen LogP contribution in [0.3, 0.4) is 0 Å². The number of carbonyl (C=O) groups is 2. The van der Waals surface area contributed by atoms with Crippen LogP contribution in [0.1, 0.15) is 28.3 Å². The molecule has 1 aromatic heterocycles. The first kappa shape index (κ1) is 28.9. The molecule has 0 aliphatic carbocycles. The summed E-state index contributed by atoms with van der Waals surface area (Å²) in [6, 6.07) is 18.4. The number of hydrogen-bond donors (Lipinski definition) is 1. The second kappa shape index (κ2) is 12.5. The Kier molecular flexibility index (Phi) is 8.79. The number of ketones is 1. The minimum absolute atomic E-state index is 0.0444. The van der Waals surface area contributed by atoms with Crippen LogP contribution in [0.25, 0.3) is 5.76 Å². The maximum Gasteiger partial charge on any atom is 0.301 e. The summed E-state index contributed by atoms with van der Waals surface area (Å²) in [6.07, 6.45) is 1.62. The van der Waals surface area contributed by atoms with Gasteiger partial charge < -0.3 is 9.84 Å². The Morgan fingerprint density at radius 2 is 1.90 bits per heavy atom. The van der Waals surface area contributed by atoms with Crippen LogP contribution in [0.15, 0.2) is 89.3 Å². The van der Waals surface area contributed by atoms with Gasteiger partial charge in [0.2, 0.25) is 5.13 Å². The Morgan fingerprint density at radius 3 is 2.63 bits per heavy atom. The molecule has 2 heterocycles. The minimum Gasteiger partial charge on any atom is -0.507 e. The summed E-state index contributed by atoms with van der Waals surface area (Å²) in [5.41, 5.74) is 2.80. The third-order valence-electron chi connectivity index (χ3n) is 6.28. The van der Waals surface area contributed by atoms with Gasteiger partial charge in [0.1, 0.15) is 18.1 Å². The summed E-state index contributed by atoms with van der Waals surface area (Å²) in [5, 5.41) is 21.2. The monoisotopic (exact) mass is 623 g/mol. The molecule has 4 aromatic rings. The van der Waals surface area contributed by atoms with Gasteiger partial charge >= 0.3 is 5.91 Å². The van der Waals surface area contributed by atoms with Gasteiger partial charge in [-0.25, -0.2) is 0 Å². The molecule has 0 bridgehead atoms. The van der Waals surface area contributed by atoms with E-state index in [1.54, 1.807) is 54.6 Å². The molecule has 0 radical (unpaired) electrons. The summed E-state index contributed by atoms with van der Waals surface area (Å²) < 4.78 is 6.28. The first-order chi connectivity index (χ1) is 19.8. The van der Waals surface area contributed by atoms with Crippen molar-refractivity contribution in [2.75, 3.05) is 11.5 Å². The van der Waals surface area contributed by atoms with E-state index in [1.165, 1.54) is 28.0 Å². The zero-order valence-corrected chi connectivity index (χ0v) is 24.9. The number of thioether (sulfide) groups is 1. The van der Waals surface area contributed by atoms with Crippen molar-refractivity contribution >= 4 is 68.9 Å². The number of carbonyl (C=O) groups excluding carboxylic acids is 2. The summed E-state index contributed by atoms with van der Waals surface area (Å²) in [4.78, 5) is 28.3. The Labute approximate surface area is 255 Å². The van der Waals surface area contributed by atoms with Gasteiger partial charge in [0.05, 0.1) is 11.6 Å². The number of aliphatic hydroxyl groups excluding tert-OH is 1. The maximum absolute atomic E-state index is 13.5. The molecule has 1 unspecified atom stereocenters. The number of amides is 1.